The van der Waals surface area contributed by atoms with Crippen molar-refractivity contribution >= 4 is 69.9 Å². The molecular weight excluding hydrogens is 538 g/mol. The smallest absolute Gasteiger partial charge is 0.409 e. The third kappa shape index (κ3) is 6.59. The Bertz CT molecular complexity index is 1440. The van der Waals surface area contributed by atoms with Crippen molar-refractivity contribution in [3.05, 3.63) is 58.8 Å². The van der Waals surface area contributed by atoms with E-state index < -0.39 is 6.09 Å². The van der Waals surface area contributed by atoms with Gasteiger partial charge < -0.3 is 21.1 Å². The lowest BCUT2D eigenvalue weighted by molar-refractivity contribution is -0.121. The molecule has 2 aliphatic rings. The second kappa shape index (κ2) is 11.6. The Labute approximate surface area is 233 Å². The topological polar surface area (TPSA) is 160 Å². The predicted molar refractivity (Wildman–Crippen MR) is 153 cm³/mol. The molecule has 0 atom stereocenters. The number of ether oxygens (including phenoxy) is 1. The average molecular weight is 564 g/mol. The molecule has 2 amide bonds. The van der Waals surface area contributed by atoms with Crippen molar-refractivity contribution in [3.63, 3.8) is 0 Å². The number of carbonyl (C=O) groups excluding carboxylic acids is 2. The van der Waals surface area contributed by atoms with E-state index in [0.717, 1.165) is 31.2 Å². The van der Waals surface area contributed by atoms with E-state index in [1.807, 2.05) is 19.1 Å². The number of thioether (sulfide) groups is 1. The average Bonchev–Trinajstić information content (AvgIpc) is 3.50. The number of nitrogens with one attached hydrogen (secondary N) is 3. The number of hydrogen-bond acceptors (Lipinski definition) is 12. The number of hydrazine groups is 1. The Balaban J connectivity index is 1.38. The van der Waals surface area contributed by atoms with E-state index in [4.69, 9.17) is 22.7 Å². The van der Waals surface area contributed by atoms with Gasteiger partial charge in [-0.1, -0.05) is 30.7 Å². The number of nitrogens with two attached hydrogens (primary N) is 1. The molecule has 39 heavy (non-hydrogen) atoms. The Morgan fingerprint density at radius 2 is 1.85 bits per heavy atom. The molecule has 14 heteroatoms. The van der Waals surface area contributed by atoms with Crippen LogP contribution < -0.4 is 26.5 Å². The zero-order valence-corrected chi connectivity index (χ0v) is 22.5. The maximum Gasteiger partial charge on any atom is 0.409 e. The highest BCUT2D eigenvalue weighted by molar-refractivity contribution is 8.26. The van der Waals surface area contributed by atoms with Gasteiger partial charge in [-0.3, -0.25) is 15.2 Å². The summed E-state index contributed by atoms with van der Waals surface area (Å²) in [6.07, 6.45) is 6.81. The van der Waals surface area contributed by atoms with Crippen LogP contribution in [-0.4, -0.2) is 47.3 Å². The van der Waals surface area contributed by atoms with Gasteiger partial charge in [0.2, 0.25) is 17.8 Å². The monoisotopic (exact) mass is 563 g/mol. The molecule has 5 N–H and O–H groups in total. The number of aryl methyl sites for hydroxylation is 1. The van der Waals surface area contributed by atoms with Crippen LogP contribution in [0.15, 0.2) is 47.5 Å². The van der Waals surface area contributed by atoms with Gasteiger partial charge in [-0.15, -0.1) is 0 Å². The van der Waals surface area contributed by atoms with Crippen LogP contribution in [-0.2, 0) is 4.79 Å². The van der Waals surface area contributed by atoms with E-state index in [0.29, 0.717) is 32.3 Å². The summed E-state index contributed by atoms with van der Waals surface area (Å²) in [7, 11) is 0. The van der Waals surface area contributed by atoms with Gasteiger partial charge in [-0.2, -0.15) is 20.0 Å². The third-order valence-electron chi connectivity index (χ3n) is 5.98. The SMILES string of the molecule is Cc1cccnc1/C=C1\SC(=S)N(Nc2nc(Nc3ccc(OC(N)=O)cc3)nc(NC3CCCC3)n2)C1=O. The van der Waals surface area contributed by atoms with Gasteiger partial charge in [0, 0.05) is 17.9 Å². The number of benzene rings is 1. The molecule has 12 nitrogen and oxygen atoms in total. The first-order chi connectivity index (χ1) is 18.8. The minimum absolute atomic E-state index is 0.133. The van der Waals surface area contributed by atoms with Crippen LogP contribution in [0.1, 0.15) is 36.9 Å². The van der Waals surface area contributed by atoms with E-state index >= 15 is 0 Å². The van der Waals surface area contributed by atoms with Crippen LogP contribution in [0, 0.1) is 6.92 Å². The van der Waals surface area contributed by atoms with Gasteiger partial charge in [-0.25, -0.2) is 4.79 Å². The summed E-state index contributed by atoms with van der Waals surface area (Å²) in [5.74, 6) is 0.703. The molecule has 2 aromatic heterocycles. The quantitative estimate of drug-likeness (QED) is 0.227. The molecule has 0 spiro atoms. The van der Waals surface area contributed by atoms with Crippen LogP contribution in [0.2, 0.25) is 0 Å². The molecule has 2 fully saturated rings. The van der Waals surface area contributed by atoms with Crippen molar-refractivity contribution in [1.29, 1.82) is 0 Å². The van der Waals surface area contributed by atoms with Crippen LogP contribution in [0.5, 0.6) is 5.75 Å². The molecule has 5 rings (SSSR count). The summed E-state index contributed by atoms with van der Waals surface area (Å²) < 4.78 is 5.18. The molecule has 0 radical (unpaired) electrons. The Morgan fingerprint density at radius 3 is 2.56 bits per heavy atom. The number of nitrogens with zero attached hydrogens (tertiary/aromatic N) is 5. The molecule has 1 aliphatic heterocycles. The first-order valence-electron chi connectivity index (χ1n) is 12.2. The van der Waals surface area contributed by atoms with E-state index in [1.54, 1.807) is 36.5 Å². The van der Waals surface area contributed by atoms with Crippen molar-refractivity contribution in [3.8, 4) is 5.75 Å². The minimum atomic E-state index is -0.896. The fourth-order valence-electron chi connectivity index (χ4n) is 4.09. The maximum absolute atomic E-state index is 13.2. The lowest BCUT2D eigenvalue weighted by atomic mass is 10.2. The van der Waals surface area contributed by atoms with Crippen LogP contribution >= 0.6 is 24.0 Å². The number of pyridine rings is 1. The van der Waals surface area contributed by atoms with Crippen LogP contribution in [0.25, 0.3) is 6.08 Å². The third-order valence-corrected chi connectivity index (χ3v) is 7.28. The predicted octanol–water partition coefficient (Wildman–Crippen LogP) is 4.36. The van der Waals surface area contributed by atoms with Gasteiger partial charge in [0.05, 0.1) is 10.6 Å². The van der Waals surface area contributed by atoms with Gasteiger partial charge in [0.15, 0.2) is 4.32 Å². The molecule has 3 heterocycles. The van der Waals surface area contributed by atoms with E-state index in [9.17, 15) is 9.59 Å². The zero-order chi connectivity index (χ0) is 27.4. The maximum atomic E-state index is 13.2. The minimum Gasteiger partial charge on any atom is -0.411 e. The lowest BCUT2D eigenvalue weighted by Crippen LogP contribution is -2.35. The Kier molecular flexibility index (Phi) is 7.84. The van der Waals surface area contributed by atoms with E-state index in [2.05, 4.69) is 36.0 Å². The number of amides is 2. The second-order valence-corrected chi connectivity index (χ2v) is 10.5. The van der Waals surface area contributed by atoms with Gasteiger partial charge in [-0.05, 0) is 74.0 Å². The van der Waals surface area contributed by atoms with Crippen LogP contribution in [0.4, 0.5) is 28.3 Å². The number of aromatic nitrogens is 4. The molecule has 1 aromatic carbocycles. The number of anilines is 4. The van der Waals surface area contributed by atoms with Crippen LogP contribution in [0.3, 0.4) is 0 Å². The van der Waals surface area contributed by atoms with Crippen molar-refractivity contribution in [2.24, 2.45) is 5.73 Å². The summed E-state index contributed by atoms with van der Waals surface area (Å²) in [5.41, 5.74) is 10.3. The summed E-state index contributed by atoms with van der Waals surface area (Å²) in [6, 6.07) is 10.6. The number of carbonyl (C=O) groups is 2. The van der Waals surface area contributed by atoms with Gasteiger partial charge >= 0.3 is 6.09 Å². The summed E-state index contributed by atoms with van der Waals surface area (Å²) >= 11 is 6.63. The number of primary amides is 1. The molecule has 0 bridgehead atoms. The normalized spacial score (nSPS) is 16.5. The fourth-order valence-corrected chi connectivity index (χ4v) is 5.24. The molecule has 1 aliphatic carbocycles. The highest BCUT2D eigenvalue weighted by Crippen LogP contribution is 2.33. The first kappa shape index (κ1) is 26.3. The summed E-state index contributed by atoms with van der Waals surface area (Å²) in [6.45, 7) is 1.92. The van der Waals surface area contributed by atoms with Crippen molar-refractivity contribution in [2.45, 2.75) is 38.6 Å². The summed E-state index contributed by atoms with van der Waals surface area (Å²) in [4.78, 5) is 42.4. The molecule has 0 unspecified atom stereocenters. The molecular formula is C25H25N9O3S2. The van der Waals surface area contributed by atoms with E-state index in [-0.39, 0.29) is 23.8 Å². The van der Waals surface area contributed by atoms with Crippen molar-refractivity contribution in [1.82, 2.24) is 24.9 Å². The molecule has 200 valence electrons. The van der Waals surface area contributed by atoms with Gasteiger partial charge in [0.1, 0.15) is 5.75 Å². The molecule has 3 aromatic rings. The van der Waals surface area contributed by atoms with Gasteiger partial charge in [0.25, 0.3) is 5.91 Å². The highest BCUT2D eigenvalue weighted by atomic mass is 32.2. The first-order valence-corrected chi connectivity index (χ1v) is 13.4. The number of rotatable bonds is 8. The number of thiocarbonyl (C=S) groups is 1. The van der Waals surface area contributed by atoms with Crippen molar-refractivity contribution < 1.29 is 14.3 Å². The van der Waals surface area contributed by atoms with E-state index in [1.165, 1.54) is 16.8 Å². The Morgan fingerprint density at radius 1 is 1.13 bits per heavy atom. The number of hydrogen-bond donors (Lipinski definition) is 4. The zero-order valence-electron chi connectivity index (χ0n) is 20.9. The lowest BCUT2D eigenvalue weighted by Gasteiger charge is -2.18. The fraction of sp³-hybridized carbons (Fsp3) is 0.240. The highest BCUT2D eigenvalue weighted by Gasteiger charge is 2.33. The molecule has 1 saturated heterocycles. The second-order valence-electron chi connectivity index (χ2n) is 8.84. The summed E-state index contributed by atoms with van der Waals surface area (Å²) in [5, 5.41) is 7.70. The largest absolute Gasteiger partial charge is 0.411 e. The van der Waals surface area contributed by atoms with Crippen molar-refractivity contribution in [2.75, 3.05) is 16.1 Å². The Hall–Kier alpha value is -4.30. The standard InChI is InChI=1S/C25H25N9O3S2/c1-14-5-4-12-27-18(14)13-19-20(35)34(25(38)39-19)33-24-31-22(28-15-6-2-3-7-15)30-23(32-24)29-16-8-10-17(11-9-16)37-21(26)36/h4-5,8-13,15H,2-3,6-7H2,1H3,(H2,26,36)(H3,28,29,30,31,32,33)/b19-13-. The molecule has 1 saturated carbocycles.